The number of nitrogen functional groups attached to an aromatic ring is 1. The molecular formula is C22H29F2N5O4. The predicted octanol–water partition coefficient (Wildman–Crippen LogP) is 1.78. The number of amides is 1. The first-order valence-electron chi connectivity index (χ1n) is 11.0. The Morgan fingerprint density at radius 1 is 1.30 bits per heavy atom. The zero-order valence-electron chi connectivity index (χ0n) is 19.1. The second kappa shape index (κ2) is 8.12. The zero-order valence-corrected chi connectivity index (χ0v) is 19.1. The van der Waals surface area contributed by atoms with Gasteiger partial charge in [-0.05, 0) is 52.2 Å². The monoisotopic (exact) mass is 465 g/mol. The van der Waals surface area contributed by atoms with Crippen molar-refractivity contribution in [3.05, 3.63) is 43.8 Å². The molecule has 1 aromatic carbocycles. The number of aryl methyl sites for hydroxylation is 1. The SMILES string of the molecule is Cc1c(C(NC(=O)OC(C)(C)C)C2CNCC2F)c(F)cc2c(=O)n(N)c(=O)n(C3CC3)c12. The summed E-state index contributed by atoms with van der Waals surface area (Å²) < 4.78 is 37.6. The summed E-state index contributed by atoms with van der Waals surface area (Å²) >= 11 is 0. The first-order chi connectivity index (χ1) is 15.4. The van der Waals surface area contributed by atoms with E-state index in [2.05, 4.69) is 10.6 Å². The van der Waals surface area contributed by atoms with E-state index in [9.17, 15) is 18.8 Å². The quantitative estimate of drug-likeness (QED) is 0.592. The minimum atomic E-state index is -1.35. The number of alkyl halides is 1. The molecule has 11 heteroatoms. The molecule has 180 valence electrons. The molecule has 4 rings (SSSR count). The number of hydrogen-bond acceptors (Lipinski definition) is 6. The fraction of sp³-hybridized carbons (Fsp3) is 0.591. The average molecular weight is 466 g/mol. The Hall–Kier alpha value is -2.95. The number of nitrogens with two attached hydrogens (primary N) is 1. The first kappa shape index (κ1) is 23.2. The number of aromatic nitrogens is 2. The summed E-state index contributed by atoms with van der Waals surface area (Å²) in [7, 11) is 0. The van der Waals surface area contributed by atoms with E-state index in [-0.39, 0.29) is 41.2 Å². The molecule has 1 amide bonds. The fourth-order valence-corrected chi connectivity index (χ4v) is 4.56. The summed E-state index contributed by atoms with van der Waals surface area (Å²) in [5.41, 5.74) is -1.77. The van der Waals surface area contributed by atoms with Crippen molar-refractivity contribution in [2.75, 3.05) is 18.9 Å². The Morgan fingerprint density at radius 2 is 1.97 bits per heavy atom. The van der Waals surface area contributed by atoms with E-state index in [4.69, 9.17) is 10.6 Å². The number of benzene rings is 1. The van der Waals surface area contributed by atoms with Gasteiger partial charge < -0.3 is 21.2 Å². The van der Waals surface area contributed by atoms with E-state index >= 15 is 4.39 Å². The topological polar surface area (TPSA) is 120 Å². The number of ether oxygens (including phenoxy) is 1. The maximum Gasteiger partial charge on any atom is 0.408 e. The van der Waals surface area contributed by atoms with Crippen LogP contribution in [0, 0.1) is 18.7 Å². The summed E-state index contributed by atoms with van der Waals surface area (Å²) in [5, 5.41) is 5.52. The van der Waals surface area contributed by atoms with Crippen LogP contribution in [0.2, 0.25) is 0 Å². The molecule has 2 heterocycles. The Morgan fingerprint density at radius 3 is 2.52 bits per heavy atom. The number of rotatable bonds is 4. The number of hydrogen-bond donors (Lipinski definition) is 3. The van der Waals surface area contributed by atoms with Gasteiger partial charge in [-0.15, -0.1) is 0 Å². The lowest BCUT2D eigenvalue weighted by molar-refractivity contribution is 0.0473. The van der Waals surface area contributed by atoms with Gasteiger partial charge in [0.25, 0.3) is 5.56 Å². The minimum absolute atomic E-state index is 0.0210. The number of alkyl carbamates (subject to hydrolysis) is 1. The van der Waals surface area contributed by atoms with Gasteiger partial charge in [0, 0.05) is 30.6 Å². The van der Waals surface area contributed by atoms with Crippen LogP contribution in [-0.2, 0) is 4.74 Å². The summed E-state index contributed by atoms with van der Waals surface area (Å²) in [4.78, 5) is 38.1. The molecule has 0 radical (unpaired) electrons. The average Bonchev–Trinajstić information content (AvgIpc) is 3.45. The van der Waals surface area contributed by atoms with Crippen LogP contribution in [-0.4, -0.2) is 40.2 Å². The number of halogens is 2. The molecular weight excluding hydrogens is 436 g/mol. The molecule has 1 aliphatic carbocycles. The van der Waals surface area contributed by atoms with Crippen molar-refractivity contribution < 1.29 is 18.3 Å². The smallest absolute Gasteiger partial charge is 0.408 e. The predicted molar refractivity (Wildman–Crippen MR) is 119 cm³/mol. The van der Waals surface area contributed by atoms with E-state index in [0.29, 0.717) is 4.68 Å². The molecule has 0 bridgehead atoms. The van der Waals surface area contributed by atoms with Gasteiger partial charge in [0.15, 0.2) is 0 Å². The Balaban J connectivity index is 1.93. The van der Waals surface area contributed by atoms with Crippen molar-refractivity contribution in [1.29, 1.82) is 0 Å². The van der Waals surface area contributed by atoms with Gasteiger partial charge in [-0.25, -0.2) is 18.4 Å². The standard InChI is InChI=1S/C22H29F2N5O4/c1-10-16(17(13-8-26-9-15(13)24)27-20(31)33-22(2,3)4)14(23)7-12-18(10)28(11-5-6-11)21(32)29(25)19(12)30/h7,11,13,15,17,26H,5-6,8-9,25H2,1-4H3,(H,27,31). The molecule has 1 saturated carbocycles. The fourth-order valence-electron chi connectivity index (χ4n) is 4.56. The molecule has 0 spiro atoms. The van der Waals surface area contributed by atoms with Gasteiger partial charge in [-0.2, -0.15) is 4.68 Å². The molecule has 2 aromatic rings. The molecule has 33 heavy (non-hydrogen) atoms. The number of nitrogens with one attached hydrogen (secondary N) is 2. The van der Waals surface area contributed by atoms with Crippen molar-refractivity contribution in [3.8, 4) is 0 Å². The maximum absolute atomic E-state index is 15.5. The molecule has 1 aromatic heterocycles. The van der Waals surface area contributed by atoms with Gasteiger partial charge in [0.1, 0.15) is 17.6 Å². The molecule has 3 unspecified atom stereocenters. The lowest BCUT2D eigenvalue weighted by Crippen LogP contribution is -2.45. The van der Waals surface area contributed by atoms with Crippen molar-refractivity contribution >= 4 is 17.0 Å². The minimum Gasteiger partial charge on any atom is -0.444 e. The molecule has 9 nitrogen and oxygen atoms in total. The lowest BCUT2D eigenvalue weighted by Gasteiger charge is -2.30. The van der Waals surface area contributed by atoms with E-state index in [1.54, 1.807) is 27.7 Å². The van der Waals surface area contributed by atoms with Crippen LogP contribution in [0.4, 0.5) is 13.6 Å². The van der Waals surface area contributed by atoms with Gasteiger partial charge in [-0.3, -0.25) is 9.36 Å². The highest BCUT2D eigenvalue weighted by Gasteiger charge is 2.40. The Labute approximate surface area is 188 Å². The van der Waals surface area contributed by atoms with Crippen molar-refractivity contribution in [1.82, 2.24) is 19.9 Å². The second-order valence-electron chi connectivity index (χ2n) is 9.81. The van der Waals surface area contributed by atoms with E-state index < -0.39 is 46.9 Å². The first-order valence-corrected chi connectivity index (χ1v) is 11.0. The van der Waals surface area contributed by atoms with E-state index in [1.165, 1.54) is 4.57 Å². The molecule has 1 aliphatic heterocycles. The second-order valence-corrected chi connectivity index (χ2v) is 9.81. The van der Waals surface area contributed by atoms with Crippen LogP contribution in [0.3, 0.4) is 0 Å². The van der Waals surface area contributed by atoms with Crippen molar-refractivity contribution in [2.24, 2.45) is 5.92 Å². The van der Waals surface area contributed by atoms with Crippen molar-refractivity contribution in [2.45, 2.75) is 64.4 Å². The van der Waals surface area contributed by atoms with Gasteiger partial charge in [0.2, 0.25) is 0 Å². The highest BCUT2D eigenvalue weighted by molar-refractivity contribution is 5.83. The number of fused-ring (bicyclic) bond motifs is 1. The molecule has 2 aliphatic rings. The zero-order chi connectivity index (χ0) is 24.2. The Bertz CT molecular complexity index is 1230. The van der Waals surface area contributed by atoms with Crippen LogP contribution < -0.4 is 27.7 Å². The number of nitrogens with zero attached hydrogens (tertiary/aromatic N) is 2. The highest BCUT2D eigenvalue weighted by Crippen LogP contribution is 2.39. The Kier molecular flexibility index (Phi) is 5.71. The van der Waals surface area contributed by atoms with Crippen molar-refractivity contribution in [3.63, 3.8) is 0 Å². The van der Waals surface area contributed by atoms with E-state index in [1.807, 2.05) is 0 Å². The molecule has 3 atom stereocenters. The van der Waals surface area contributed by atoms with Crippen LogP contribution in [0.25, 0.3) is 10.9 Å². The van der Waals surface area contributed by atoms with Gasteiger partial charge in [-0.1, -0.05) is 0 Å². The number of carbonyl (C=O) groups is 1. The molecule has 2 fully saturated rings. The van der Waals surface area contributed by atoms with Crippen LogP contribution in [0.15, 0.2) is 15.7 Å². The van der Waals surface area contributed by atoms with Gasteiger partial charge in [0.05, 0.1) is 16.9 Å². The summed E-state index contributed by atoms with van der Waals surface area (Å²) in [5.74, 6) is 4.10. The van der Waals surface area contributed by atoms with E-state index in [0.717, 1.165) is 18.9 Å². The largest absolute Gasteiger partial charge is 0.444 e. The summed E-state index contributed by atoms with van der Waals surface area (Å²) in [6, 6.07) is -0.231. The maximum atomic E-state index is 15.5. The summed E-state index contributed by atoms with van der Waals surface area (Å²) in [6.45, 7) is 6.90. The van der Waals surface area contributed by atoms with Gasteiger partial charge >= 0.3 is 11.8 Å². The normalized spacial score (nSPS) is 21.9. The third-order valence-corrected chi connectivity index (χ3v) is 6.15. The number of carbonyl (C=O) groups excluding carboxylic acids is 1. The van der Waals surface area contributed by atoms with Crippen LogP contribution >= 0.6 is 0 Å². The summed E-state index contributed by atoms with van der Waals surface area (Å²) in [6.07, 6.45) is -0.722. The van der Waals surface area contributed by atoms with Crippen LogP contribution in [0.1, 0.15) is 56.8 Å². The third-order valence-electron chi connectivity index (χ3n) is 6.15. The molecule has 4 N–H and O–H groups in total. The lowest BCUT2D eigenvalue weighted by atomic mass is 9.87. The molecule has 1 saturated heterocycles. The van der Waals surface area contributed by atoms with Crippen LogP contribution in [0.5, 0.6) is 0 Å². The third kappa shape index (κ3) is 4.21. The highest BCUT2D eigenvalue weighted by atomic mass is 19.1.